The van der Waals surface area contributed by atoms with Crippen LogP contribution in [0.3, 0.4) is 0 Å². The molecular weight excluding hydrogens is 408 g/mol. The molecule has 0 aromatic rings. The monoisotopic (exact) mass is 456 g/mol. The van der Waals surface area contributed by atoms with Gasteiger partial charge >= 0.3 is 0 Å². The van der Waals surface area contributed by atoms with E-state index in [0.29, 0.717) is 24.0 Å². The molecule has 0 amide bonds. The van der Waals surface area contributed by atoms with E-state index in [4.69, 9.17) is 0 Å². The molecule has 5 aliphatic carbocycles. The van der Waals surface area contributed by atoms with Gasteiger partial charge in [0.05, 0.1) is 11.7 Å². The van der Waals surface area contributed by atoms with Crippen molar-refractivity contribution >= 4 is 5.78 Å². The van der Waals surface area contributed by atoms with E-state index in [0.717, 1.165) is 56.9 Å². The van der Waals surface area contributed by atoms with E-state index in [2.05, 4.69) is 48.1 Å². The SMILES string of the molecule is C=C(C)C1(O)CCC2(C)CCC3(C)C(C(=O)CC4C5(C)CCC(O)C(C)(C)C5CCC43C)C21. The lowest BCUT2D eigenvalue weighted by molar-refractivity contribution is -0.244. The first-order valence-corrected chi connectivity index (χ1v) is 13.7. The molecule has 0 heterocycles. The van der Waals surface area contributed by atoms with Gasteiger partial charge in [-0.3, -0.25) is 4.79 Å². The van der Waals surface area contributed by atoms with E-state index in [1.165, 1.54) is 0 Å². The molecule has 10 atom stereocenters. The van der Waals surface area contributed by atoms with Crippen LogP contribution in [0.5, 0.6) is 0 Å². The first-order chi connectivity index (χ1) is 15.1. The number of rotatable bonds is 1. The van der Waals surface area contributed by atoms with E-state index in [1.807, 2.05) is 6.92 Å². The minimum atomic E-state index is -0.919. The standard InChI is InChI=1S/C30H48O3/c1-18(2)30(33)16-14-26(5)13-15-29(8)23(24(26)30)19(31)17-21-27(6)11-10-22(32)25(3,4)20(27)9-12-28(21,29)7/h20-24,32-33H,1,9-17H2,2-8H3. The third-order valence-electron chi connectivity index (χ3n) is 13.4. The Morgan fingerprint density at radius 3 is 2.15 bits per heavy atom. The molecule has 2 N–H and O–H groups in total. The van der Waals surface area contributed by atoms with Gasteiger partial charge in [-0.15, -0.1) is 0 Å². The number of hydrogen-bond donors (Lipinski definition) is 2. The molecule has 0 spiro atoms. The summed E-state index contributed by atoms with van der Waals surface area (Å²) in [7, 11) is 0. The molecule has 33 heavy (non-hydrogen) atoms. The van der Waals surface area contributed by atoms with E-state index in [9.17, 15) is 15.0 Å². The summed E-state index contributed by atoms with van der Waals surface area (Å²) in [6.07, 6.45) is 8.45. The molecular formula is C30H48O3. The van der Waals surface area contributed by atoms with Crippen LogP contribution in [-0.4, -0.2) is 27.7 Å². The van der Waals surface area contributed by atoms with Crippen LogP contribution in [0.1, 0.15) is 106 Å². The van der Waals surface area contributed by atoms with Gasteiger partial charge < -0.3 is 10.2 Å². The van der Waals surface area contributed by atoms with Gasteiger partial charge in [0.1, 0.15) is 5.78 Å². The van der Waals surface area contributed by atoms with Gasteiger partial charge in [0.25, 0.3) is 0 Å². The molecule has 10 unspecified atom stereocenters. The normalized spacial score (nSPS) is 57.5. The van der Waals surface area contributed by atoms with Crippen molar-refractivity contribution in [3.8, 4) is 0 Å². The van der Waals surface area contributed by atoms with E-state index >= 15 is 0 Å². The molecule has 186 valence electrons. The molecule has 5 rings (SSSR count). The van der Waals surface area contributed by atoms with Crippen molar-refractivity contribution in [2.24, 2.45) is 50.7 Å². The number of carbonyl (C=O) groups is 1. The van der Waals surface area contributed by atoms with Gasteiger partial charge in [-0.25, -0.2) is 0 Å². The Morgan fingerprint density at radius 1 is 0.879 bits per heavy atom. The van der Waals surface area contributed by atoms with E-state index in [-0.39, 0.29) is 45.0 Å². The van der Waals surface area contributed by atoms with Gasteiger partial charge in [-0.1, -0.05) is 48.1 Å². The third-order valence-corrected chi connectivity index (χ3v) is 13.4. The zero-order chi connectivity index (χ0) is 24.4. The van der Waals surface area contributed by atoms with Crippen LogP contribution >= 0.6 is 0 Å². The highest BCUT2D eigenvalue weighted by molar-refractivity contribution is 5.84. The van der Waals surface area contributed by atoms with E-state index < -0.39 is 5.60 Å². The van der Waals surface area contributed by atoms with Crippen LogP contribution in [0.25, 0.3) is 0 Å². The Morgan fingerprint density at radius 2 is 1.52 bits per heavy atom. The first kappa shape index (κ1) is 24.0. The maximum Gasteiger partial charge on any atom is 0.137 e. The molecule has 0 aromatic carbocycles. The Hall–Kier alpha value is -0.670. The average molecular weight is 457 g/mol. The lowest BCUT2D eigenvalue weighted by Gasteiger charge is -2.72. The largest absolute Gasteiger partial charge is 0.393 e. The number of Topliss-reactive ketones (excluding diaryl/α,β-unsaturated/α-hetero) is 1. The van der Waals surface area contributed by atoms with Crippen LogP contribution < -0.4 is 0 Å². The second kappa shape index (κ2) is 6.75. The van der Waals surface area contributed by atoms with Crippen molar-refractivity contribution in [1.82, 2.24) is 0 Å². The van der Waals surface area contributed by atoms with E-state index in [1.54, 1.807) is 0 Å². The highest BCUT2D eigenvalue weighted by Gasteiger charge is 2.74. The quantitative estimate of drug-likeness (QED) is 0.454. The molecule has 5 fully saturated rings. The minimum absolute atomic E-state index is 0.0123. The number of carbonyl (C=O) groups excluding carboxylic acids is 1. The second-order valence-electron chi connectivity index (χ2n) is 14.8. The average Bonchev–Trinajstić information content (AvgIpc) is 3.00. The van der Waals surface area contributed by atoms with Gasteiger partial charge in [-0.05, 0) is 103 Å². The Balaban J connectivity index is 1.62. The summed E-state index contributed by atoms with van der Waals surface area (Å²) < 4.78 is 0. The molecule has 3 nitrogen and oxygen atoms in total. The fourth-order valence-electron chi connectivity index (χ4n) is 11.1. The molecule has 5 aliphatic rings. The van der Waals surface area contributed by atoms with Crippen molar-refractivity contribution in [2.45, 2.75) is 118 Å². The fourth-order valence-corrected chi connectivity index (χ4v) is 11.1. The molecule has 0 saturated heterocycles. The van der Waals surface area contributed by atoms with Gasteiger partial charge in [0.15, 0.2) is 0 Å². The predicted molar refractivity (Wildman–Crippen MR) is 132 cm³/mol. The first-order valence-electron chi connectivity index (χ1n) is 13.7. The van der Waals surface area contributed by atoms with Gasteiger partial charge in [0.2, 0.25) is 0 Å². The van der Waals surface area contributed by atoms with Gasteiger partial charge in [-0.2, -0.15) is 0 Å². The maximum absolute atomic E-state index is 14.3. The maximum atomic E-state index is 14.3. The highest BCUT2D eigenvalue weighted by Crippen LogP contribution is 2.77. The summed E-state index contributed by atoms with van der Waals surface area (Å²) in [5, 5.41) is 22.8. The topological polar surface area (TPSA) is 57.5 Å². The zero-order valence-corrected chi connectivity index (χ0v) is 22.3. The van der Waals surface area contributed by atoms with Crippen LogP contribution in [0.15, 0.2) is 12.2 Å². The summed E-state index contributed by atoms with van der Waals surface area (Å²) in [6, 6.07) is 0. The van der Waals surface area contributed by atoms with Crippen molar-refractivity contribution in [3.05, 3.63) is 12.2 Å². The molecule has 0 aromatic heterocycles. The number of aliphatic hydroxyl groups excluding tert-OH is 1. The Labute approximate surface area is 201 Å². The number of fused-ring (bicyclic) bond motifs is 7. The summed E-state index contributed by atoms with van der Waals surface area (Å²) >= 11 is 0. The fraction of sp³-hybridized carbons (Fsp3) is 0.900. The summed E-state index contributed by atoms with van der Waals surface area (Å²) in [4.78, 5) is 14.3. The molecule has 0 radical (unpaired) electrons. The lowest BCUT2D eigenvalue weighted by Crippen LogP contribution is -2.69. The molecule has 5 saturated carbocycles. The highest BCUT2D eigenvalue weighted by atomic mass is 16.3. The molecule has 0 aliphatic heterocycles. The number of ketones is 1. The van der Waals surface area contributed by atoms with Crippen molar-refractivity contribution in [2.75, 3.05) is 0 Å². The number of aliphatic hydroxyl groups is 2. The van der Waals surface area contributed by atoms with Crippen LogP contribution in [0.4, 0.5) is 0 Å². The zero-order valence-electron chi connectivity index (χ0n) is 22.3. The third kappa shape index (κ3) is 2.68. The summed E-state index contributed by atoms with van der Waals surface area (Å²) in [6.45, 7) is 20.4. The predicted octanol–water partition coefficient (Wildman–Crippen LogP) is 6.32. The summed E-state index contributed by atoms with van der Waals surface area (Å²) in [5.74, 6) is 1.12. The Bertz CT molecular complexity index is 891. The molecule has 0 bridgehead atoms. The second-order valence-corrected chi connectivity index (χ2v) is 14.8. The number of hydrogen-bond acceptors (Lipinski definition) is 3. The molecule has 3 heteroatoms. The van der Waals surface area contributed by atoms with Gasteiger partial charge in [0, 0.05) is 18.3 Å². The van der Waals surface area contributed by atoms with Crippen LogP contribution in [0.2, 0.25) is 0 Å². The smallest absolute Gasteiger partial charge is 0.137 e. The Kier molecular flexibility index (Phi) is 4.92. The van der Waals surface area contributed by atoms with Crippen LogP contribution in [0, 0.1) is 50.7 Å². The lowest BCUT2D eigenvalue weighted by atomic mass is 9.32. The van der Waals surface area contributed by atoms with Crippen molar-refractivity contribution < 1.29 is 15.0 Å². The minimum Gasteiger partial charge on any atom is -0.393 e. The summed E-state index contributed by atoms with van der Waals surface area (Å²) in [5.41, 5.74) is -0.0906. The van der Waals surface area contributed by atoms with Crippen LogP contribution in [-0.2, 0) is 4.79 Å². The van der Waals surface area contributed by atoms with Crippen molar-refractivity contribution in [1.29, 1.82) is 0 Å². The van der Waals surface area contributed by atoms with Crippen molar-refractivity contribution in [3.63, 3.8) is 0 Å².